The maximum atomic E-state index is 10.7. The zero-order chi connectivity index (χ0) is 12.8. The Morgan fingerprint density at radius 2 is 1.88 bits per heavy atom. The number of carbonyl (C=O) groups is 1. The van der Waals surface area contributed by atoms with Crippen LogP contribution in [0.1, 0.15) is 13.8 Å². The van der Waals surface area contributed by atoms with Crippen LogP contribution in [0, 0.1) is 0 Å². The Hall–Kier alpha value is -0.650. The molecule has 1 heterocycles. The van der Waals surface area contributed by atoms with Crippen molar-refractivity contribution in [2.45, 2.75) is 19.9 Å². The monoisotopic (exact) mass is 243 g/mol. The Labute approximate surface area is 104 Å². The highest BCUT2D eigenvalue weighted by atomic mass is 16.4. The molecule has 1 aliphatic heterocycles. The van der Waals surface area contributed by atoms with Crippen LogP contribution in [0.25, 0.3) is 0 Å². The summed E-state index contributed by atoms with van der Waals surface area (Å²) >= 11 is 0. The molecule has 1 N–H and O–H groups in total. The molecule has 0 atom stereocenters. The first-order valence-corrected chi connectivity index (χ1v) is 6.35. The van der Waals surface area contributed by atoms with E-state index in [2.05, 4.69) is 16.8 Å². The van der Waals surface area contributed by atoms with Crippen molar-refractivity contribution in [3.63, 3.8) is 0 Å². The van der Waals surface area contributed by atoms with E-state index < -0.39 is 5.97 Å². The molecule has 0 saturated carbocycles. The largest absolute Gasteiger partial charge is 0.480 e. The van der Waals surface area contributed by atoms with Crippen molar-refractivity contribution in [3.05, 3.63) is 0 Å². The van der Waals surface area contributed by atoms with E-state index in [9.17, 15) is 4.79 Å². The van der Waals surface area contributed by atoms with Gasteiger partial charge in [-0.05, 0) is 20.9 Å². The van der Waals surface area contributed by atoms with Gasteiger partial charge in [0.25, 0.3) is 0 Å². The number of rotatable bonds is 6. The molecule has 0 aromatic carbocycles. The minimum absolute atomic E-state index is 0.144. The molecular formula is C12H25N3O2. The summed E-state index contributed by atoms with van der Waals surface area (Å²) < 4.78 is 0. The number of likely N-dealkylation sites (N-methyl/N-ethyl adjacent to an activating group) is 1. The molecule has 0 aliphatic carbocycles. The molecule has 5 heteroatoms. The maximum Gasteiger partial charge on any atom is 0.317 e. The number of aliphatic carboxylic acids is 1. The normalized spacial score (nSPS) is 19.1. The molecule has 1 fully saturated rings. The highest BCUT2D eigenvalue weighted by Gasteiger charge is 2.17. The molecule has 1 aliphatic rings. The van der Waals surface area contributed by atoms with Gasteiger partial charge in [-0.2, -0.15) is 0 Å². The lowest BCUT2D eigenvalue weighted by Crippen LogP contribution is -2.48. The number of nitrogens with zero attached hydrogens (tertiary/aromatic N) is 3. The fourth-order valence-electron chi connectivity index (χ4n) is 2.03. The molecule has 0 amide bonds. The third-order valence-electron chi connectivity index (χ3n) is 3.37. The molecule has 5 nitrogen and oxygen atoms in total. The molecule has 0 aromatic heterocycles. The Morgan fingerprint density at radius 1 is 1.29 bits per heavy atom. The zero-order valence-corrected chi connectivity index (χ0v) is 11.2. The molecule has 0 spiro atoms. The van der Waals surface area contributed by atoms with Crippen LogP contribution in [0.4, 0.5) is 0 Å². The van der Waals surface area contributed by atoms with Gasteiger partial charge in [0.15, 0.2) is 0 Å². The SMILES string of the molecule is CC(C)N(CCN1CCN(C)CC1)CC(=O)O. The van der Waals surface area contributed by atoms with E-state index in [1.807, 2.05) is 18.7 Å². The molecule has 0 aromatic rings. The average molecular weight is 243 g/mol. The third-order valence-corrected chi connectivity index (χ3v) is 3.37. The first kappa shape index (κ1) is 14.4. The summed E-state index contributed by atoms with van der Waals surface area (Å²) in [5, 5.41) is 8.84. The fraction of sp³-hybridized carbons (Fsp3) is 0.917. The quantitative estimate of drug-likeness (QED) is 0.713. The van der Waals surface area contributed by atoms with Crippen LogP contribution in [-0.2, 0) is 4.79 Å². The number of hydrogen-bond acceptors (Lipinski definition) is 4. The molecule has 0 unspecified atom stereocenters. The van der Waals surface area contributed by atoms with Crippen molar-refractivity contribution < 1.29 is 9.90 Å². The molecule has 0 radical (unpaired) electrons. The van der Waals surface area contributed by atoms with Gasteiger partial charge in [0, 0.05) is 45.3 Å². The summed E-state index contributed by atoms with van der Waals surface area (Å²) in [7, 11) is 2.14. The van der Waals surface area contributed by atoms with E-state index >= 15 is 0 Å². The van der Waals surface area contributed by atoms with Gasteiger partial charge >= 0.3 is 5.97 Å². The first-order valence-electron chi connectivity index (χ1n) is 6.35. The second-order valence-electron chi connectivity index (χ2n) is 5.10. The number of hydrogen-bond donors (Lipinski definition) is 1. The molecule has 1 saturated heterocycles. The van der Waals surface area contributed by atoms with E-state index in [4.69, 9.17) is 5.11 Å². The van der Waals surface area contributed by atoms with E-state index in [-0.39, 0.29) is 6.54 Å². The molecule has 100 valence electrons. The van der Waals surface area contributed by atoms with Crippen LogP contribution < -0.4 is 0 Å². The fourth-order valence-corrected chi connectivity index (χ4v) is 2.03. The molecule has 0 bridgehead atoms. The molecular weight excluding hydrogens is 218 g/mol. The lowest BCUT2D eigenvalue weighted by Gasteiger charge is -2.34. The summed E-state index contributed by atoms with van der Waals surface area (Å²) in [5.41, 5.74) is 0. The highest BCUT2D eigenvalue weighted by molar-refractivity contribution is 5.69. The zero-order valence-electron chi connectivity index (χ0n) is 11.2. The topological polar surface area (TPSA) is 47.0 Å². The van der Waals surface area contributed by atoms with Gasteiger partial charge in [0.2, 0.25) is 0 Å². The van der Waals surface area contributed by atoms with Crippen LogP contribution in [-0.4, -0.2) is 84.7 Å². The van der Waals surface area contributed by atoms with Crippen molar-refractivity contribution in [2.24, 2.45) is 0 Å². The standard InChI is InChI=1S/C12H25N3O2/c1-11(2)15(10-12(16)17)9-8-14-6-4-13(3)5-7-14/h11H,4-10H2,1-3H3,(H,16,17). The van der Waals surface area contributed by atoms with Gasteiger partial charge in [0.05, 0.1) is 6.54 Å². The second-order valence-corrected chi connectivity index (χ2v) is 5.10. The van der Waals surface area contributed by atoms with Gasteiger partial charge < -0.3 is 10.0 Å². The van der Waals surface area contributed by atoms with Crippen LogP contribution in [0.3, 0.4) is 0 Å². The van der Waals surface area contributed by atoms with Gasteiger partial charge in [-0.15, -0.1) is 0 Å². The second kappa shape index (κ2) is 6.93. The van der Waals surface area contributed by atoms with Crippen molar-refractivity contribution in [1.82, 2.24) is 14.7 Å². The lowest BCUT2D eigenvalue weighted by molar-refractivity contribution is -0.138. The Morgan fingerprint density at radius 3 is 2.35 bits per heavy atom. The number of carboxylic acid groups (broad SMARTS) is 1. The lowest BCUT2D eigenvalue weighted by atomic mass is 10.3. The van der Waals surface area contributed by atoms with Crippen LogP contribution in [0.5, 0.6) is 0 Å². The average Bonchev–Trinajstić information content (AvgIpc) is 2.25. The predicted molar refractivity (Wildman–Crippen MR) is 68.3 cm³/mol. The van der Waals surface area contributed by atoms with E-state index in [0.717, 1.165) is 39.3 Å². The summed E-state index contributed by atoms with van der Waals surface area (Å²) in [6.07, 6.45) is 0. The summed E-state index contributed by atoms with van der Waals surface area (Å²) in [6.45, 7) is 10.5. The van der Waals surface area contributed by atoms with Crippen molar-refractivity contribution >= 4 is 5.97 Å². The predicted octanol–water partition coefficient (Wildman–Crippen LogP) is 0.0288. The van der Waals surface area contributed by atoms with Crippen LogP contribution >= 0.6 is 0 Å². The summed E-state index contributed by atoms with van der Waals surface area (Å²) in [4.78, 5) is 17.5. The maximum absolute atomic E-state index is 10.7. The highest BCUT2D eigenvalue weighted by Crippen LogP contribution is 2.02. The summed E-state index contributed by atoms with van der Waals surface area (Å²) in [5.74, 6) is -0.739. The van der Waals surface area contributed by atoms with Gasteiger partial charge in [-0.25, -0.2) is 0 Å². The van der Waals surface area contributed by atoms with Crippen LogP contribution in [0.2, 0.25) is 0 Å². The van der Waals surface area contributed by atoms with Crippen molar-refractivity contribution in [1.29, 1.82) is 0 Å². The van der Waals surface area contributed by atoms with Crippen molar-refractivity contribution in [2.75, 3.05) is 52.9 Å². The van der Waals surface area contributed by atoms with Crippen LogP contribution in [0.15, 0.2) is 0 Å². The van der Waals surface area contributed by atoms with Gasteiger partial charge in [-0.1, -0.05) is 0 Å². The smallest absolute Gasteiger partial charge is 0.317 e. The third kappa shape index (κ3) is 5.48. The Balaban J connectivity index is 2.28. The van der Waals surface area contributed by atoms with E-state index in [0.29, 0.717) is 6.04 Å². The minimum Gasteiger partial charge on any atom is -0.480 e. The van der Waals surface area contributed by atoms with Gasteiger partial charge in [0.1, 0.15) is 0 Å². The van der Waals surface area contributed by atoms with E-state index in [1.54, 1.807) is 0 Å². The minimum atomic E-state index is -0.739. The Kier molecular flexibility index (Phi) is 5.88. The summed E-state index contributed by atoms with van der Waals surface area (Å²) in [6, 6.07) is 0.290. The first-order chi connectivity index (χ1) is 7.99. The van der Waals surface area contributed by atoms with Gasteiger partial charge in [-0.3, -0.25) is 14.6 Å². The molecule has 17 heavy (non-hydrogen) atoms. The molecule has 1 rings (SSSR count). The number of piperazine rings is 1. The van der Waals surface area contributed by atoms with Crippen molar-refractivity contribution in [3.8, 4) is 0 Å². The van der Waals surface area contributed by atoms with E-state index in [1.165, 1.54) is 0 Å². The number of carboxylic acids is 1. The Bertz CT molecular complexity index is 238.